The Hall–Kier alpha value is -0.830. The molecule has 3 nitrogen and oxygen atoms in total. The molecule has 1 fully saturated rings. The van der Waals surface area contributed by atoms with E-state index in [4.69, 9.17) is 0 Å². The van der Waals surface area contributed by atoms with E-state index >= 15 is 0 Å². The molecule has 3 heteroatoms. The van der Waals surface area contributed by atoms with E-state index < -0.39 is 0 Å². The van der Waals surface area contributed by atoms with Crippen molar-refractivity contribution in [2.45, 2.75) is 45.7 Å². The summed E-state index contributed by atoms with van der Waals surface area (Å²) in [5.41, 5.74) is 1.31. The fourth-order valence-corrected chi connectivity index (χ4v) is 1.95. The maximum Gasteiger partial charge on any atom is 0.0534 e. The van der Waals surface area contributed by atoms with Gasteiger partial charge in [-0.25, -0.2) is 0 Å². The molecule has 0 atom stereocenters. The summed E-state index contributed by atoms with van der Waals surface area (Å²) in [5, 5.41) is 7.79. The lowest BCUT2D eigenvalue weighted by molar-refractivity contribution is 0.266. The smallest absolute Gasteiger partial charge is 0.0534 e. The molecule has 0 amide bonds. The normalized spacial score (nSPS) is 16.6. The second-order valence-electron chi connectivity index (χ2n) is 4.54. The van der Waals surface area contributed by atoms with E-state index in [2.05, 4.69) is 28.2 Å². The zero-order valence-corrected chi connectivity index (χ0v) is 9.58. The largest absolute Gasteiger partial charge is 0.313 e. The van der Waals surface area contributed by atoms with E-state index in [1.54, 1.807) is 0 Å². The molecule has 15 heavy (non-hydrogen) atoms. The summed E-state index contributed by atoms with van der Waals surface area (Å²) in [7, 11) is 0. The van der Waals surface area contributed by atoms with Crippen LogP contribution in [0.4, 0.5) is 0 Å². The minimum Gasteiger partial charge on any atom is -0.313 e. The third kappa shape index (κ3) is 3.06. The molecule has 0 spiro atoms. The third-order valence-corrected chi connectivity index (χ3v) is 3.11. The molecule has 1 aliphatic rings. The minimum atomic E-state index is 0.890. The van der Waals surface area contributed by atoms with Crippen LogP contribution >= 0.6 is 0 Å². The molecule has 1 aliphatic carbocycles. The highest BCUT2D eigenvalue weighted by Crippen LogP contribution is 2.27. The van der Waals surface area contributed by atoms with E-state index in [1.807, 2.05) is 6.20 Å². The van der Waals surface area contributed by atoms with Crippen molar-refractivity contribution in [2.24, 2.45) is 5.92 Å². The maximum atomic E-state index is 4.39. The van der Waals surface area contributed by atoms with Crippen molar-refractivity contribution in [3.63, 3.8) is 0 Å². The van der Waals surface area contributed by atoms with Gasteiger partial charge < -0.3 is 5.32 Å². The number of rotatable bonds is 6. The number of hydrogen-bond acceptors (Lipinski definition) is 2. The zero-order chi connectivity index (χ0) is 10.5. The van der Waals surface area contributed by atoms with Crippen LogP contribution in [0.5, 0.6) is 0 Å². The first-order valence-corrected chi connectivity index (χ1v) is 6.10. The minimum absolute atomic E-state index is 0.890. The summed E-state index contributed by atoms with van der Waals surface area (Å²) < 4.78 is 2.10. The summed E-state index contributed by atoms with van der Waals surface area (Å²) >= 11 is 0. The van der Waals surface area contributed by atoms with Crippen molar-refractivity contribution in [1.82, 2.24) is 15.1 Å². The van der Waals surface area contributed by atoms with Gasteiger partial charge in [-0.15, -0.1) is 0 Å². The Morgan fingerprint density at radius 1 is 1.53 bits per heavy atom. The Bertz CT molecular complexity index is 289. The molecule has 0 aromatic carbocycles. The van der Waals surface area contributed by atoms with Crippen molar-refractivity contribution >= 4 is 0 Å². The number of nitrogens with zero attached hydrogens (tertiary/aromatic N) is 2. The lowest BCUT2D eigenvalue weighted by atomic mass is 9.85. The van der Waals surface area contributed by atoms with Crippen LogP contribution in [0.15, 0.2) is 12.4 Å². The first kappa shape index (κ1) is 10.7. The highest BCUT2D eigenvalue weighted by atomic mass is 15.3. The lowest BCUT2D eigenvalue weighted by Gasteiger charge is -2.24. The predicted octanol–water partition coefficient (Wildman–Crippen LogP) is 2.18. The summed E-state index contributed by atoms with van der Waals surface area (Å²) in [6.45, 7) is 5.35. The van der Waals surface area contributed by atoms with Crippen molar-refractivity contribution in [2.75, 3.05) is 6.54 Å². The second-order valence-corrected chi connectivity index (χ2v) is 4.54. The topological polar surface area (TPSA) is 29.9 Å². The first-order valence-electron chi connectivity index (χ1n) is 6.10. The van der Waals surface area contributed by atoms with E-state index in [-0.39, 0.29) is 0 Å². The molecular weight excluding hydrogens is 186 g/mol. The zero-order valence-electron chi connectivity index (χ0n) is 9.58. The summed E-state index contributed by atoms with van der Waals surface area (Å²) in [5.74, 6) is 0.890. The van der Waals surface area contributed by atoms with Crippen molar-refractivity contribution in [3.05, 3.63) is 18.0 Å². The number of nitrogens with one attached hydrogen (secondary N) is 1. The summed E-state index contributed by atoms with van der Waals surface area (Å²) in [6, 6.07) is 0. The molecule has 1 heterocycles. The van der Waals surface area contributed by atoms with Gasteiger partial charge in [-0.05, 0) is 31.7 Å². The van der Waals surface area contributed by atoms with Gasteiger partial charge >= 0.3 is 0 Å². The predicted molar refractivity (Wildman–Crippen MR) is 61.6 cm³/mol. The molecule has 1 aromatic rings. The molecule has 0 aliphatic heterocycles. The van der Waals surface area contributed by atoms with Gasteiger partial charge in [-0.3, -0.25) is 4.68 Å². The Kier molecular flexibility index (Phi) is 3.78. The highest BCUT2D eigenvalue weighted by molar-refractivity contribution is 5.03. The van der Waals surface area contributed by atoms with Crippen LogP contribution in [0, 0.1) is 5.92 Å². The van der Waals surface area contributed by atoms with Crippen LogP contribution < -0.4 is 5.32 Å². The molecule has 0 bridgehead atoms. The van der Waals surface area contributed by atoms with Gasteiger partial charge in [0.2, 0.25) is 0 Å². The van der Waals surface area contributed by atoms with Crippen LogP contribution in [0.3, 0.4) is 0 Å². The van der Waals surface area contributed by atoms with Gasteiger partial charge in [0.1, 0.15) is 0 Å². The summed E-state index contributed by atoms with van der Waals surface area (Å²) in [6.07, 6.45) is 9.56. The lowest BCUT2D eigenvalue weighted by Crippen LogP contribution is -2.18. The highest BCUT2D eigenvalue weighted by Gasteiger charge is 2.17. The van der Waals surface area contributed by atoms with E-state index in [1.165, 1.54) is 31.2 Å². The van der Waals surface area contributed by atoms with Crippen molar-refractivity contribution in [1.29, 1.82) is 0 Å². The molecule has 2 rings (SSSR count). The molecule has 1 N–H and O–H groups in total. The molecule has 0 saturated heterocycles. The fraction of sp³-hybridized carbons (Fsp3) is 0.750. The van der Waals surface area contributed by atoms with E-state index in [9.17, 15) is 0 Å². The summed E-state index contributed by atoms with van der Waals surface area (Å²) in [4.78, 5) is 0. The van der Waals surface area contributed by atoms with Crippen LogP contribution in [0.2, 0.25) is 0 Å². The fourth-order valence-electron chi connectivity index (χ4n) is 1.95. The van der Waals surface area contributed by atoms with Gasteiger partial charge in [0.15, 0.2) is 0 Å². The van der Waals surface area contributed by atoms with Gasteiger partial charge in [0.05, 0.1) is 6.20 Å². The Morgan fingerprint density at radius 2 is 2.40 bits per heavy atom. The maximum absolute atomic E-state index is 4.39. The molecule has 1 aromatic heterocycles. The van der Waals surface area contributed by atoms with Gasteiger partial charge in [0, 0.05) is 24.8 Å². The molecule has 0 unspecified atom stereocenters. The average molecular weight is 207 g/mol. The Morgan fingerprint density at radius 3 is 3.07 bits per heavy atom. The number of aromatic nitrogens is 2. The second kappa shape index (κ2) is 5.31. The Balaban J connectivity index is 1.75. The van der Waals surface area contributed by atoms with E-state index in [0.29, 0.717) is 0 Å². The van der Waals surface area contributed by atoms with Gasteiger partial charge in [-0.2, -0.15) is 5.10 Å². The average Bonchev–Trinajstić information content (AvgIpc) is 2.60. The molecule has 0 radical (unpaired) electrons. The monoisotopic (exact) mass is 207 g/mol. The van der Waals surface area contributed by atoms with Gasteiger partial charge in [0.25, 0.3) is 0 Å². The first-order chi connectivity index (χ1) is 7.38. The van der Waals surface area contributed by atoms with Crippen molar-refractivity contribution in [3.8, 4) is 0 Å². The van der Waals surface area contributed by atoms with Crippen LogP contribution in [-0.4, -0.2) is 16.3 Å². The van der Waals surface area contributed by atoms with Gasteiger partial charge in [-0.1, -0.05) is 13.3 Å². The molecule has 84 valence electrons. The number of hydrogen-bond donors (Lipinski definition) is 1. The van der Waals surface area contributed by atoms with Crippen LogP contribution in [-0.2, 0) is 13.1 Å². The molecular formula is C12H21N3. The van der Waals surface area contributed by atoms with Crippen molar-refractivity contribution < 1.29 is 0 Å². The van der Waals surface area contributed by atoms with Crippen LogP contribution in [0.1, 0.15) is 38.2 Å². The van der Waals surface area contributed by atoms with Crippen LogP contribution in [0.25, 0.3) is 0 Å². The van der Waals surface area contributed by atoms with E-state index in [0.717, 1.165) is 25.6 Å². The SMILES string of the molecule is CCCNCc1cnn(CC2CCC2)c1. The Labute approximate surface area is 91.9 Å². The third-order valence-electron chi connectivity index (χ3n) is 3.11. The molecule has 1 saturated carbocycles. The standard InChI is InChI=1S/C12H21N3/c1-2-6-13-7-12-8-14-15(10-12)9-11-4-3-5-11/h8,10-11,13H,2-7,9H2,1H3. The quantitative estimate of drug-likeness (QED) is 0.725.